The maximum atomic E-state index is 5.71. The summed E-state index contributed by atoms with van der Waals surface area (Å²) in [5, 5.41) is 4.13. The van der Waals surface area contributed by atoms with Gasteiger partial charge in [-0.15, -0.1) is 0 Å². The molecule has 1 saturated carbocycles. The van der Waals surface area contributed by atoms with Crippen molar-refractivity contribution in [1.82, 2.24) is 15.1 Å². The van der Waals surface area contributed by atoms with Gasteiger partial charge in [-0.05, 0) is 18.9 Å². The SMILES string of the molecule is Nc1cncc(-c2nc(C3CCCCCC3)no2)c1. The molecule has 2 aromatic heterocycles. The molecule has 0 saturated heterocycles. The van der Waals surface area contributed by atoms with Crippen molar-refractivity contribution in [2.24, 2.45) is 0 Å². The highest BCUT2D eigenvalue weighted by atomic mass is 16.5. The van der Waals surface area contributed by atoms with E-state index in [0.29, 0.717) is 17.5 Å². The highest BCUT2D eigenvalue weighted by Crippen LogP contribution is 2.31. The standard InChI is InChI=1S/C14H18N4O/c15-12-7-11(8-16-9-12)14-17-13(18-19-14)10-5-3-1-2-4-6-10/h7-10H,1-6,15H2. The molecule has 0 bridgehead atoms. The van der Waals surface area contributed by atoms with E-state index in [2.05, 4.69) is 15.1 Å². The number of nitrogen functional groups attached to an aromatic ring is 1. The van der Waals surface area contributed by atoms with Crippen LogP contribution in [-0.2, 0) is 0 Å². The van der Waals surface area contributed by atoms with E-state index >= 15 is 0 Å². The average Bonchev–Trinajstić information content (AvgIpc) is 2.75. The summed E-state index contributed by atoms with van der Waals surface area (Å²) < 4.78 is 5.34. The number of aromatic nitrogens is 3. The fourth-order valence-corrected chi connectivity index (χ4v) is 2.63. The van der Waals surface area contributed by atoms with Crippen LogP contribution in [0.2, 0.25) is 0 Å². The van der Waals surface area contributed by atoms with Gasteiger partial charge in [-0.3, -0.25) is 4.98 Å². The van der Waals surface area contributed by atoms with Crippen LogP contribution < -0.4 is 5.73 Å². The molecule has 5 nitrogen and oxygen atoms in total. The molecule has 5 heteroatoms. The summed E-state index contributed by atoms with van der Waals surface area (Å²) in [6.07, 6.45) is 10.8. The largest absolute Gasteiger partial charge is 0.397 e. The molecule has 1 fully saturated rings. The Kier molecular flexibility index (Phi) is 3.44. The van der Waals surface area contributed by atoms with Gasteiger partial charge < -0.3 is 10.3 Å². The van der Waals surface area contributed by atoms with Gasteiger partial charge in [0, 0.05) is 18.3 Å². The van der Waals surface area contributed by atoms with Crippen molar-refractivity contribution in [3.8, 4) is 11.5 Å². The van der Waals surface area contributed by atoms with Crippen molar-refractivity contribution in [3.05, 3.63) is 24.3 Å². The van der Waals surface area contributed by atoms with E-state index in [1.807, 2.05) is 0 Å². The normalized spacial score (nSPS) is 17.3. The van der Waals surface area contributed by atoms with Gasteiger partial charge in [0.2, 0.25) is 0 Å². The van der Waals surface area contributed by atoms with Crippen LogP contribution in [0.15, 0.2) is 23.0 Å². The monoisotopic (exact) mass is 258 g/mol. The first kappa shape index (κ1) is 12.1. The van der Waals surface area contributed by atoms with Crippen LogP contribution in [0.4, 0.5) is 5.69 Å². The molecule has 0 aromatic carbocycles. The van der Waals surface area contributed by atoms with Gasteiger partial charge in [0.25, 0.3) is 5.89 Å². The van der Waals surface area contributed by atoms with Crippen molar-refractivity contribution in [2.75, 3.05) is 5.73 Å². The Morgan fingerprint density at radius 2 is 1.89 bits per heavy atom. The van der Waals surface area contributed by atoms with E-state index in [0.717, 1.165) is 24.2 Å². The zero-order valence-electron chi connectivity index (χ0n) is 10.9. The van der Waals surface area contributed by atoms with Crippen molar-refractivity contribution < 1.29 is 4.52 Å². The fraction of sp³-hybridized carbons (Fsp3) is 0.500. The third-order valence-corrected chi connectivity index (χ3v) is 3.67. The van der Waals surface area contributed by atoms with E-state index in [1.54, 1.807) is 18.5 Å². The Bertz CT molecular complexity index is 544. The molecule has 0 radical (unpaired) electrons. The highest BCUT2D eigenvalue weighted by Gasteiger charge is 2.20. The van der Waals surface area contributed by atoms with Gasteiger partial charge in [-0.25, -0.2) is 0 Å². The van der Waals surface area contributed by atoms with Crippen molar-refractivity contribution in [3.63, 3.8) is 0 Å². The van der Waals surface area contributed by atoms with Crippen molar-refractivity contribution >= 4 is 5.69 Å². The maximum Gasteiger partial charge on any atom is 0.259 e. The Morgan fingerprint density at radius 3 is 2.63 bits per heavy atom. The summed E-state index contributed by atoms with van der Waals surface area (Å²) in [6, 6.07) is 1.80. The molecule has 0 aliphatic heterocycles. The van der Waals surface area contributed by atoms with Crippen molar-refractivity contribution in [1.29, 1.82) is 0 Å². The topological polar surface area (TPSA) is 77.8 Å². The Balaban J connectivity index is 1.82. The summed E-state index contributed by atoms with van der Waals surface area (Å²) in [6.45, 7) is 0. The molecule has 19 heavy (non-hydrogen) atoms. The Morgan fingerprint density at radius 1 is 1.11 bits per heavy atom. The lowest BCUT2D eigenvalue weighted by atomic mass is 10.00. The predicted octanol–water partition coefficient (Wildman–Crippen LogP) is 3.15. The second kappa shape index (κ2) is 5.38. The molecule has 1 aliphatic carbocycles. The molecule has 2 N–H and O–H groups in total. The van der Waals surface area contributed by atoms with Crippen LogP contribution >= 0.6 is 0 Å². The second-order valence-electron chi connectivity index (χ2n) is 5.15. The van der Waals surface area contributed by atoms with Crippen LogP contribution in [0.1, 0.15) is 50.3 Å². The number of hydrogen-bond donors (Lipinski definition) is 1. The quantitative estimate of drug-likeness (QED) is 0.837. The summed E-state index contributed by atoms with van der Waals surface area (Å²) in [5.41, 5.74) is 7.10. The third-order valence-electron chi connectivity index (χ3n) is 3.67. The van der Waals surface area contributed by atoms with Crippen LogP contribution in [0.3, 0.4) is 0 Å². The van der Waals surface area contributed by atoms with Gasteiger partial charge in [0.15, 0.2) is 5.82 Å². The lowest BCUT2D eigenvalue weighted by Crippen LogP contribution is -1.99. The van der Waals surface area contributed by atoms with Gasteiger partial charge in [-0.2, -0.15) is 4.98 Å². The molecule has 0 unspecified atom stereocenters. The first-order valence-electron chi connectivity index (χ1n) is 6.87. The first-order chi connectivity index (χ1) is 9.33. The van der Waals surface area contributed by atoms with Gasteiger partial charge in [0.1, 0.15) is 0 Å². The fourth-order valence-electron chi connectivity index (χ4n) is 2.63. The molecule has 100 valence electrons. The molecule has 2 heterocycles. The number of nitrogens with two attached hydrogens (primary N) is 1. The van der Waals surface area contributed by atoms with Crippen LogP contribution in [0.5, 0.6) is 0 Å². The number of pyridine rings is 1. The van der Waals surface area contributed by atoms with E-state index in [1.165, 1.54) is 25.7 Å². The third kappa shape index (κ3) is 2.75. The van der Waals surface area contributed by atoms with E-state index in [9.17, 15) is 0 Å². The summed E-state index contributed by atoms with van der Waals surface area (Å²) in [7, 11) is 0. The van der Waals surface area contributed by atoms with E-state index in [4.69, 9.17) is 10.3 Å². The highest BCUT2D eigenvalue weighted by molar-refractivity contribution is 5.57. The summed E-state index contributed by atoms with van der Waals surface area (Å²) in [4.78, 5) is 8.56. The van der Waals surface area contributed by atoms with Crippen LogP contribution in [0.25, 0.3) is 11.5 Å². The molecule has 1 aliphatic rings. The molecule has 3 rings (SSSR count). The average molecular weight is 258 g/mol. The zero-order chi connectivity index (χ0) is 13.1. The number of nitrogens with zero attached hydrogens (tertiary/aromatic N) is 3. The Labute approximate surface area is 112 Å². The minimum Gasteiger partial charge on any atom is -0.397 e. The number of anilines is 1. The van der Waals surface area contributed by atoms with Gasteiger partial charge in [0.05, 0.1) is 11.3 Å². The molecule has 0 amide bonds. The summed E-state index contributed by atoms with van der Waals surface area (Å²) >= 11 is 0. The van der Waals surface area contributed by atoms with Crippen molar-refractivity contribution in [2.45, 2.75) is 44.4 Å². The predicted molar refractivity (Wildman–Crippen MR) is 72.4 cm³/mol. The van der Waals surface area contributed by atoms with E-state index < -0.39 is 0 Å². The molecule has 2 aromatic rings. The molecular formula is C14H18N4O. The Hall–Kier alpha value is -1.91. The van der Waals surface area contributed by atoms with E-state index in [-0.39, 0.29) is 0 Å². The maximum absolute atomic E-state index is 5.71. The van der Waals surface area contributed by atoms with Crippen LogP contribution in [0, 0.1) is 0 Å². The molecule has 0 spiro atoms. The minimum absolute atomic E-state index is 0.439. The van der Waals surface area contributed by atoms with Crippen LogP contribution in [-0.4, -0.2) is 15.1 Å². The minimum atomic E-state index is 0.439. The van der Waals surface area contributed by atoms with Gasteiger partial charge in [-0.1, -0.05) is 30.8 Å². The molecular weight excluding hydrogens is 240 g/mol. The number of hydrogen-bond acceptors (Lipinski definition) is 5. The lowest BCUT2D eigenvalue weighted by molar-refractivity contribution is 0.410. The smallest absolute Gasteiger partial charge is 0.259 e. The summed E-state index contributed by atoms with van der Waals surface area (Å²) in [5.74, 6) is 1.78. The first-order valence-corrected chi connectivity index (χ1v) is 6.87. The zero-order valence-corrected chi connectivity index (χ0v) is 10.9. The van der Waals surface area contributed by atoms with Gasteiger partial charge >= 0.3 is 0 Å². The molecule has 0 atom stereocenters. The number of rotatable bonds is 2. The lowest BCUT2D eigenvalue weighted by Gasteiger charge is -2.07. The second-order valence-corrected chi connectivity index (χ2v) is 5.15.